The van der Waals surface area contributed by atoms with Crippen molar-refractivity contribution in [3.63, 3.8) is 0 Å². The fourth-order valence-corrected chi connectivity index (χ4v) is 4.22. The lowest BCUT2D eigenvalue weighted by atomic mass is 9.84. The summed E-state index contributed by atoms with van der Waals surface area (Å²) in [6.45, 7) is 5.25. The quantitative estimate of drug-likeness (QED) is 0.467. The first-order chi connectivity index (χ1) is 13.6. The first kappa shape index (κ1) is 20.8. The molecule has 1 atom stereocenters. The van der Waals surface area contributed by atoms with E-state index in [4.69, 9.17) is 9.72 Å². The van der Waals surface area contributed by atoms with Crippen molar-refractivity contribution in [1.82, 2.24) is 15.6 Å². The van der Waals surface area contributed by atoms with Crippen LogP contribution in [0.5, 0.6) is 0 Å². The van der Waals surface area contributed by atoms with E-state index in [-0.39, 0.29) is 12.0 Å². The molecular formula is C21H30N4O2S. The van der Waals surface area contributed by atoms with E-state index in [2.05, 4.69) is 52.2 Å². The van der Waals surface area contributed by atoms with E-state index in [0.29, 0.717) is 6.61 Å². The van der Waals surface area contributed by atoms with Crippen molar-refractivity contribution in [3.05, 3.63) is 40.9 Å². The molecule has 1 aliphatic heterocycles. The molecule has 1 aliphatic rings. The Bertz CT molecular complexity index is 767. The number of hydrogen-bond donors (Lipinski definition) is 3. The summed E-state index contributed by atoms with van der Waals surface area (Å²) in [6.07, 6.45) is 2.56. The Morgan fingerprint density at radius 3 is 2.82 bits per heavy atom. The number of aliphatic imine (C=N–C) groups is 1. The molecule has 0 spiro atoms. The maximum Gasteiger partial charge on any atom is 0.191 e. The number of nitrogens with zero attached hydrogens (tertiary/aromatic N) is 2. The number of aliphatic hydroxyl groups is 1. The Kier molecular flexibility index (Phi) is 7.42. The SMILES string of the molecule is CN=C(NCCc1csc(-c2ccc(C)cc2)n1)NCC1(CCO)CCOC1. The number of hydrogen-bond acceptors (Lipinski definition) is 5. The van der Waals surface area contributed by atoms with Gasteiger partial charge in [0, 0.05) is 56.1 Å². The molecule has 0 radical (unpaired) electrons. The number of ether oxygens (including phenoxy) is 1. The van der Waals surface area contributed by atoms with Gasteiger partial charge in [-0.1, -0.05) is 29.8 Å². The second kappa shape index (κ2) is 10.0. The summed E-state index contributed by atoms with van der Waals surface area (Å²) in [4.78, 5) is 9.06. The van der Waals surface area contributed by atoms with E-state index in [9.17, 15) is 5.11 Å². The van der Waals surface area contributed by atoms with Crippen LogP contribution in [-0.2, 0) is 11.2 Å². The van der Waals surface area contributed by atoms with Crippen molar-refractivity contribution in [3.8, 4) is 10.6 Å². The Hall–Kier alpha value is -1.96. The topological polar surface area (TPSA) is 78.8 Å². The lowest BCUT2D eigenvalue weighted by Gasteiger charge is -2.27. The number of nitrogens with one attached hydrogen (secondary N) is 2. The highest BCUT2D eigenvalue weighted by molar-refractivity contribution is 7.13. The molecule has 152 valence electrons. The van der Waals surface area contributed by atoms with Gasteiger partial charge >= 0.3 is 0 Å². The van der Waals surface area contributed by atoms with Crippen LogP contribution in [0.25, 0.3) is 10.6 Å². The van der Waals surface area contributed by atoms with Gasteiger partial charge in [0.15, 0.2) is 5.96 Å². The number of guanidine groups is 1. The van der Waals surface area contributed by atoms with Crippen LogP contribution in [0.2, 0.25) is 0 Å². The maximum absolute atomic E-state index is 9.34. The van der Waals surface area contributed by atoms with Gasteiger partial charge in [0.2, 0.25) is 0 Å². The van der Waals surface area contributed by atoms with Crippen LogP contribution in [0.1, 0.15) is 24.1 Å². The monoisotopic (exact) mass is 402 g/mol. The van der Waals surface area contributed by atoms with Gasteiger partial charge in [-0.15, -0.1) is 11.3 Å². The van der Waals surface area contributed by atoms with Crippen LogP contribution in [0, 0.1) is 12.3 Å². The van der Waals surface area contributed by atoms with Crippen LogP contribution < -0.4 is 10.6 Å². The molecule has 0 saturated carbocycles. The molecule has 0 aliphatic carbocycles. The molecule has 7 heteroatoms. The van der Waals surface area contributed by atoms with Crippen LogP contribution in [0.4, 0.5) is 0 Å². The van der Waals surface area contributed by atoms with Crippen LogP contribution in [0.15, 0.2) is 34.6 Å². The predicted molar refractivity (Wildman–Crippen MR) is 115 cm³/mol. The van der Waals surface area contributed by atoms with Gasteiger partial charge in [0.05, 0.1) is 12.3 Å². The average molecular weight is 403 g/mol. The maximum atomic E-state index is 9.34. The first-order valence-corrected chi connectivity index (χ1v) is 10.7. The number of aliphatic hydroxyl groups excluding tert-OH is 1. The van der Waals surface area contributed by atoms with Crippen molar-refractivity contribution in [2.75, 3.05) is 40.0 Å². The molecule has 3 rings (SSSR count). The summed E-state index contributed by atoms with van der Waals surface area (Å²) in [7, 11) is 1.78. The van der Waals surface area contributed by atoms with E-state index in [1.54, 1.807) is 18.4 Å². The predicted octanol–water partition coefficient (Wildman–Crippen LogP) is 2.62. The fraction of sp³-hybridized carbons (Fsp3) is 0.524. The van der Waals surface area contributed by atoms with Gasteiger partial charge in [0.25, 0.3) is 0 Å². The van der Waals surface area contributed by atoms with Crippen LogP contribution in [-0.4, -0.2) is 56.0 Å². The zero-order valence-electron chi connectivity index (χ0n) is 16.7. The lowest BCUT2D eigenvalue weighted by molar-refractivity contribution is 0.127. The molecule has 28 heavy (non-hydrogen) atoms. The zero-order chi connectivity index (χ0) is 19.8. The Balaban J connectivity index is 1.46. The fourth-order valence-electron chi connectivity index (χ4n) is 3.36. The van der Waals surface area contributed by atoms with Gasteiger partial charge < -0.3 is 20.5 Å². The largest absolute Gasteiger partial charge is 0.396 e. The third-order valence-electron chi connectivity index (χ3n) is 5.21. The van der Waals surface area contributed by atoms with E-state index >= 15 is 0 Å². The second-order valence-corrected chi connectivity index (χ2v) is 8.25. The molecule has 1 aromatic heterocycles. The molecule has 1 unspecified atom stereocenters. The number of rotatable bonds is 8. The van der Waals surface area contributed by atoms with Crippen molar-refractivity contribution < 1.29 is 9.84 Å². The van der Waals surface area contributed by atoms with Gasteiger partial charge in [-0.3, -0.25) is 4.99 Å². The minimum Gasteiger partial charge on any atom is -0.396 e. The lowest BCUT2D eigenvalue weighted by Crippen LogP contribution is -2.45. The van der Waals surface area contributed by atoms with Crippen molar-refractivity contribution in [1.29, 1.82) is 0 Å². The molecular weight excluding hydrogens is 372 g/mol. The number of thiazole rings is 1. The van der Waals surface area contributed by atoms with Crippen molar-refractivity contribution >= 4 is 17.3 Å². The van der Waals surface area contributed by atoms with E-state index in [1.807, 2.05) is 0 Å². The molecule has 1 saturated heterocycles. The third kappa shape index (κ3) is 5.53. The molecule has 1 aromatic carbocycles. The van der Waals surface area contributed by atoms with Crippen molar-refractivity contribution in [2.24, 2.45) is 10.4 Å². The Morgan fingerprint density at radius 2 is 2.14 bits per heavy atom. The first-order valence-electron chi connectivity index (χ1n) is 9.79. The number of aromatic nitrogens is 1. The molecule has 2 heterocycles. The van der Waals surface area contributed by atoms with Gasteiger partial charge in [-0.2, -0.15) is 0 Å². The number of benzene rings is 1. The van der Waals surface area contributed by atoms with Crippen LogP contribution >= 0.6 is 11.3 Å². The minimum atomic E-state index is 0.00419. The Labute approximate surface area is 171 Å². The van der Waals surface area contributed by atoms with Gasteiger partial charge in [-0.25, -0.2) is 4.98 Å². The summed E-state index contributed by atoms with van der Waals surface area (Å²) >= 11 is 1.68. The summed E-state index contributed by atoms with van der Waals surface area (Å²) in [5.74, 6) is 0.776. The molecule has 3 N–H and O–H groups in total. The molecule has 1 fully saturated rings. The molecule has 2 aromatic rings. The normalized spacial score (nSPS) is 19.8. The summed E-state index contributed by atoms with van der Waals surface area (Å²) < 4.78 is 5.54. The summed E-state index contributed by atoms with van der Waals surface area (Å²) in [5.41, 5.74) is 3.52. The Morgan fingerprint density at radius 1 is 1.32 bits per heavy atom. The molecule has 6 nitrogen and oxygen atoms in total. The smallest absolute Gasteiger partial charge is 0.191 e. The highest BCUT2D eigenvalue weighted by Crippen LogP contribution is 2.31. The average Bonchev–Trinajstić information content (AvgIpc) is 3.36. The number of aryl methyl sites for hydroxylation is 1. The van der Waals surface area contributed by atoms with E-state index < -0.39 is 0 Å². The third-order valence-corrected chi connectivity index (χ3v) is 6.15. The van der Waals surface area contributed by atoms with E-state index in [1.165, 1.54) is 11.1 Å². The van der Waals surface area contributed by atoms with E-state index in [0.717, 1.165) is 55.6 Å². The summed E-state index contributed by atoms with van der Waals surface area (Å²) in [5, 5.41) is 19.3. The second-order valence-electron chi connectivity index (χ2n) is 7.39. The highest BCUT2D eigenvalue weighted by Gasteiger charge is 2.34. The standard InChI is InChI=1S/C21H30N4O2S/c1-16-3-5-17(6-4-16)19-25-18(13-28-19)7-10-23-20(22-2)24-14-21(8-11-26)9-12-27-15-21/h3-6,13,26H,7-12,14-15H2,1-2H3,(H2,22,23,24). The minimum absolute atomic E-state index is 0.00419. The summed E-state index contributed by atoms with van der Waals surface area (Å²) in [6, 6.07) is 8.48. The van der Waals surface area contributed by atoms with Crippen LogP contribution in [0.3, 0.4) is 0 Å². The van der Waals surface area contributed by atoms with Gasteiger partial charge in [-0.05, 0) is 19.8 Å². The zero-order valence-corrected chi connectivity index (χ0v) is 17.5. The van der Waals surface area contributed by atoms with Gasteiger partial charge in [0.1, 0.15) is 5.01 Å². The van der Waals surface area contributed by atoms with Crippen molar-refractivity contribution in [2.45, 2.75) is 26.2 Å². The molecule has 0 bridgehead atoms. The highest BCUT2D eigenvalue weighted by atomic mass is 32.1. The molecule has 0 amide bonds.